The van der Waals surface area contributed by atoms with Crippen molar-refractivity contribution < 1.29 is 9.29 Å². The van der Waals surface area contributed by atoms with Gasteiger partial charge in [-0.05, 0) is 48.1 Å². The molecule has 1 heterocycles. The van der Waals surface area contributed by atoms with E-state index < -0.39 is 11.2 Å². The van der Waals surface area contributed by atoms with E-state index in [1.165, 1.54) is 19.3 Å². The Morgan fingerprint density at radius 1 is 1.30 bits per heavy atom. The Morgan fingerprint density at radius 2 is 2.09 bits per heavy atom. The molecule has 0 saturated heterocycles. The second kappa shape index (κ2) is 6.81. The molecule has 1 fully saturated rings. The van der Waals surface area contributed by atoms with Gasteiger partial charge in [0.1, 0.15) is 12.0 Å². The molecule has 5 heteroatoms. The average molecular weight is 331 g/mol. The van der Waals surface area contributed by atoms with Gasteiger partial charge in [-0.2, -0.15) is 0 Å². The molecule has 1 unspecified atom stereocenters. The molecule has 1 aliphatic rings. The highest BCUT2D eigenvalue weighted by molar-refractivity contribution is 7.90. The molecule has 0 amide bonds. The van der Waals surface area contributed by atoms with Crippen LogP contribution in [0.3, 0.4) is 0 Å². The first-order valence-electron chi connectivity index (χ1n) is 7.82. The maximum absolute atomic E-state index is 11.8. The number of pyridine rings is 1. The number of hydrogen-bond acceptors (Lipinski definition) is 3. The van der Waals surface area contributed by atoms with Gasteiger partial charge in [-0.25, -0.2) is 0 Å². The Kier molecular flexibility index (Phi) is 4.78. The van der Waals surface area contributed by atoms with E-state index in [9.17, 15) is 9.35 Å². The molecule has 0 aliphatic heterocycles. The molecule has 0 N–H and O–H groups in total. The topological polar surface area (TPSA) is 54.3 Å². The minimum absolute atomic E-state index is 0.0547. The highest BCUT2D eigenvalue weighted by atomic mass is 32.2. The zero-order chi connectivity index (χ0) is 16.4. The van der Waals surface area contributed by atoms with E-state index in [0.717, 1.165) is 21.8 Å². The third-order valence-corrected chi connectivity index (χ3v) is 5.30. The minimum atomic E-state index is -1.06. The van der Waals surface area contributed by atoms with Crippen LogP contribution in [0.4, 0.5) is 0 Å². The zero-order valence-electron chi connectivity index (χ0n) is 13.5. The van der Waals surface area contributed by atoms with Gasteiger partial charge < -0.3 is 13.9 Å². The number of aromatic nitrogens is 1. The van der Waals surface area contributed by atoms with E-state index in [4.69, 9.17) is 4.74 Å². The van der Waals surface area contributed by atoms with Gasteiger partial charge in [0, 0.05) is 36.5 Å². The Bertz CT molecular complexity index is 750. The molecule has 1 saturated carbocycles. The smallest absolute Gasteiger partial charge is 0.250 e. The summed E-state index contributed by atoms with van der Waals surface area (Å²) >= 11 is -1.06. The molecule has 3 rings (SSSR count). The minimum Gasteiger partial charge on any atom is -0.612 e. The van der Waals surface area contributed by atoms with Gasteiger partial charge in [-0.15, -0.1) is 0 Å². The first-order chi connectivity index (χ1) is 11.0. The van der Waals surface area contributed by atoms with Crippen LogP contribution in [0.1, 0.15) is 19.3 Å². The summed E-state index contributed by atoms with van der Waals surface area (Å²) < 4.78 is 19.4. The molecular weight excluding hydrogens is 310 g/mol. The first-order valence-corrected chi connectivity index (χ1v) is 9.38. The number of benzene rings is 1. The fourth-order valence-corrected chi connectivity index (χ4v) is 3.20. The van der Waals surface area contributed by atoms with Crippen LogP contribution in [0.25, 0.3) is 11.1 Å². The largest absolute Gasteiger partial charge is 0.612 e. The predicted molar refractivity (Wildman–Crippen MR) is 92.3 cm³/mol. The third kappa shape index (κ3) is 3.62. The molecule has 1 aromatic carbocycles. The number of rotatable bonds is 5. The summed E-state index contributed by atoms with van der Waals surface area (Å²) in [5.41, 5.74) is 1.72. The van der Waals surface area contributed by atoms with Crippen molar-refractivity contribution in [1.82, 2.24) is 4.57 Å². The molecule has 122 valence electrons. The number of ether oxygens (including phenoxy) is 1. The summed E-state index contributed by atoms with van der Waals surface area (Å²) in [6.45, 7) is 0.716. The average Bonchev–Trinajstić information content (AvgIpc) is 2.48. The van der Waals surface area contributed by atoms with Crippen molar-refractivity contribution in [2.45, 2.75) is 24.2 Å². The van der Waals surface area contributed by atoms with Crippen LogP contribution in [0.5, 0.6) is 5.75 Å². The van der Waals surface area contributed by atoms with Gasteiger partial charge in [0.05, 0.1) is 6.61 Å². The molecule has 0 spiro atoms. The summed E-state index contributed by atoms with van der Waals surface area (Å²) in [5.74, 6) is 1.42. The van der Waals surface area contributed by atoms with Crippen LogP contribution in [0, 0.1) is 5.92 Å². The van der Waals surface area contributed by atoms with E-state index in [0.29, 0.717) is 12.5 Å². The summed E-state index contributed by atoms with van der Waals surface area (Å²) in [6, 6.07) is 8.95. The van der Waals surface area contributed by atoms with Gasteiger partial charge in [-0.1, -0.05) is 6.42 Å². The Hall–Kier alpha value is -1.72. The molecular formula is C18H21NO3S. The van der Waals surface area contributed by atoms with Gasteiger partial charge in [0.2, 0.25) is 5.56 Å². The Morgan fingerprint density at radius 3 is 2.70 bits per heavy atom. The van der Waals surface area contributed by atoms with Crippen LogP contribution >= 0.6 is 0 Å². The van der Waals surface area contributed by atoms with E-state index in [1.807, 2.05) is 18.2 Å². The normalized spacial score (nSPS) is 16.0. The SMILES string of the molecule is Cn1cc(-c2cc([S+](C)[O-])ccc2OCC2CCC2)ccc1=O. The second-order valence-corrected chi connectivity index (χ2v) is 7.47. The standard InChI is InChI=1S/C18H21NO3S/c1-19-11-14(6-9-18(19)20)16-10-15(23(2)21)7-8-17(16)22-12-13-4-3-5-13/h6-11,13H,3-5,12H2,1-2H3. The monoisotopic (exact) mass is 331 g/mol. The van der Waals surface area contributed by atoms with Gasteiger partial charge in [-0.3, -0.25) is 4.79 Å². The van der Waals surface area contributed by atoms with Crippen LogP contribution in [0.2, 0.25) is 0 Å². The maximum atomic E-state index is 11.8. The van der Waals surface area contributed by atoms with Crippen molar-refractivity contribution in [2.24, 2.45) is 13.0 Å². The molecule has 1 aliphatic carbocycles. The van der Waals surface area contributed by atoms with Gasteiger partial charge in [0.15, 0.2) is 4.90 Å². The van der Waals surface area contributed by atoms with Crippen molar-refractivity contribution in [1.29, 1.82) is 0 Å². The number of nitrogens with zero attached hydrogens (tertiary/aromatic N) is 1. The first kappa shape index (κ1) is 16.1. The quantitative estimate of drug-likeness (QED) is 0.792. The lowest BCUT2D eigenvalue weighted by Gasteiger charge is -2.25. The summed E-state index contributed by atoms with van der Waals surface area (Å²) in [4.78, 5) is 12.4. The highest BCUT2D eigenvalue weighted by Gasteiger charge is 2.19. The molecule has 2 aromatic rings. The van der Waals surface area contributed by atoms with E-state index in [2.05, 4.69) is 0 Å². The molecule has 4 nitrogen and oxygen atoms in total. The van der Waals surface area contributed by atoms with E-state index in [-0.39, 0.29) is 5.56 Å². The summed E-state index contributed by atoms with van der Waals surface area (Å²) in [5, 5.41) is 0. The third-order valence-electron chi connectivity index (χ3n) is 4.38. The lowest BCUT2D eigenvalue weighted by atomic mass is 9.86. The second-order valence-electron chi connectivity index (χ2n) is 6.09. The summed E-state index contributed by atoms with van der Waals surface area (Å²) in [7, 11) is 1.72. The number of aryl methyl sites for hydroxylation is 1. The lowest BCUT2D eigenvalue weighted by Crippen LogP contribution is -2.19. The van der Waals surface area contributed by atoms with Crippen molar-refractivity contribution in [2.75, 3.05) is 12.9 Å². The van der Waals surface area contributed by atoms with Crippen molar-refractivity contribution in [3.05, 3.63) is 46.9 Å². The van der Waals surface area contributed by atoms with E-state index in [1.54, 1.807) is 36.2 Å². The van der Waals surface area contributed by atoms with Crippen LogP contribution in [0.15, 0.2) is 46.2 Å². The molecule has 23 heavy (non-hydrogen) atoms. The zero-order valence-corrected chi connectivity index (χ0v) is 14.3. The Labute approximate surface area is 139 Å². The van der Waals surface area contributed by atoms with E-state index >= 15 is 0 Å². The Balaban J connectivity index is 1.96. The molecule has 0 radical (unpaired) electrons. The van der Waals surface area contributed by atoms with Crippen LogP contribution in [-0.2, 0) is 18.2 Å². The van der Waals surface area contributed by atoms with Gasteiger partial charge in [0.25, 0.3) is 0 Å². The number of hydrogen-bond donors (Lipinski definition) is 0. The fraction of sp³-hybridized carbons (Fsp3) is 0.389. The van der Waals surface area contributed by atoms with Crippen LogP contribution in [-0.4, -0.2) is 22.0 Å². The summed E-state index contributed by atoms with van der Waals surface area (Å²) in [6.07, 6.45) is 7.19. The molecule has 1 aromatic heterocycles. The van der Waals surface area contributed by atoms with Gasteiger partial charge >= 0.3 is 0 Å². The lowest BCUT2D eigenvalue weighted by molar-refractivity contribution is 0.181. The highest BCUT2D eigenvalue weighted by Crippen LogP contribution is 2.34. The fourth-order valence-electron chi connectivity index (χ4n) is 2.66. The van der Waals surface area contributed by atoms with Crippen molar-refractivity contribution >= 4 is 11.2 Å². The van der Waals surface area contributed by atoms with Crippen molar-refractivity contribution in [3.8, 4) is 16.9 Å². The molecule has 1 atom stereocenters. The molecule has 0 bridgehead atoms. The van der Waals surface area contributed by atoms with Crippen molar-refractivity contribution in [3.63, 3.8) is 0 Å². The maximum Gasteiger partial charge on any atom is 0.250 e. The predicted octanol–water partition coefficient (Wildman–Crippen LogP) is 2.97. The van der Waals surface area contributed by atoms with Crippen LogP contribution < -0.4 is 10.3 Å².